The summed E-state index contributed by atoms with van der Waals surface area (Å²) in [7, 11) is 1.68. The molecule has 1 aliphatic heterocycles. The molecular formula is C27H31F2N3O3. The van der Waals surface area contributed by atoms with Crippen molar-refractivity contribution >= 4 is 16.9 Å². The third-order valence-electron chi connectivity index (χ3n) is 7.51. The van der Waals surface area contributed by atoms with E-state index in [9.17, 15) is 18.7 Å². The first-order valence-corrected chi connectivity index (χ1v) is 12.1. The lowest BCUT2D eigenvalue weighted by Gasteiger charge is -2.44. The van der Waals surface area contributed by atoms with E-state index in [2.05, 4.69) is 34.3 Å². The number of rotatable bonds is 7. The van der Waals surface area contributed by atoms with Gasteiger partial charge in [-0.1, -0.05) is 12.1 Å². The highest BCUT2D eigenvalue weighted by Crippen LogP contribution is 2.40. The van der Waals surface area contributed by atoms with Gasteiger partial charge in [-0.25, -0.2) is 13.6 Å². The fourth-order valence-corrected chi connectivity index (χ4v) is 5.65. The second-order valence-corrected chi connectivity index (χ2v) is 9.90. The number of aromatic nitrogens is 1. The van der Waals surface area contributed by atoms with E-state index < -0.39 is 11.9 Å². The molecule has 0 bridgehead atoms. The van der Waals surface area contributed by atoms with Crippen molar-refractivity contribution in [3.63, 3.8) is 0 Å². The van der Waals surface area contributed by atoms with Crippen LogP contribution in [-0.2, 0) is 6.54 Å². The molecule has 1 saturated carbocycles. The van der Waals surface area contributed by atoms with Gasteiger partial charge in [-0.15, -0.1) is 0 Å². The van der Waals surface area contributed by atoms with Gasteiger partial charge in [-0.3, -0.25) is 4.90 Å². The Labute approximate surface area is 203 Å². The van der Waals surface area contributed by atoms with Gasteiger partial charge in [0, 0.05) is 66.7 Å². The number of ether oxygens (including phenoxy) is 1. The number of likely N-dealkylation sites (tertiary alicyclic amines) is 1. The number of benzene rings is 2. The molecule has 3 aromatic rings. The maximum Gasteiger partial charge on any atom is 0.335 e. The van der Waals surface area contributed by atoms with Crippen LogP contribution in [-0.4, -0.2) is 52.6 Å². The highest BCUT2D eigenvalue weighted by Gasteiger charge is 2.46. The molecule has 3 N–H and O–H groups in total. The summed E-state index contributed by atoms with van der Waals surface area (Å²) in [5.41, 5.74) is 4.58. The van der Waals surface area contributed by atoms with Crippen LogP contribution in [0.25, 0.3) is 10.9 Å². The summed E-state index contributed by atoms with van der Waals surface area (Å²) in [5, 5.41) is 13.9. The fraction of sp³-hybridized carbons (Fsp3) is 0.444. The van der Waals surface area contributed by atoms with E-state index in [1.54, 1.807) is 19.2 Å². The number of alkyl halides is 2. The Morgan fingerprint density at radius 1 is 1.23 bits per heavy atom. The molecule has 2 aromatic carbocycles. The molecule has 0 amide bonds. The van der Waals surface area contributed by atoms with E-state index in [0.717, 1.165) is 52.7 Å². The van der Waals surface area contributed by atoms with Crippen LogP contribution in [0.1, 0.15) is 58.8 Å². The summed E-state index contributed by atoms with van der Waals surface area (Å²) in [6.45, 7) is 3.51. The number of piperidine rings is 1. The average molecular weight is 484 g/mol. The van der Waals surface area contributed by atoms with Crippen molar-refractivity contribution in [3.8, 4) is 5.75 Å². The Balaban J connectivity index is 1.43. The normalized spacial score (nSPS) is 22.7. The van der Waals surface area contributed by atoms with Crippen LogP contribution in [0.3, 0.4) is 0 Å². The maximum absolute atomic E-state index is 13.4. The van der Waals surface area contributed by atoms with Crippen LogP contribution in [0.5, 0.6) is 5.75 Å². The summed E-state index contributed by atoms with van der Waals surface area (Å²) < 4.78 is 32.5. The van der Waals surface area contributed by atoms with Gasteiger partial charge in [0.1, 0.15) is 5.75 Å². The van der Waals surface area contributed by atoms with E-state index in [1.165, 1.54) is 0 Å². The molecule has 2 fully saturated rings. The van der Waals surface area contributed by atoms with Gasteiger partial charge in [-0.2, -0.15) is 0 Å². The number of aryl methyl sites for hydroxylation is 1. The van der Waals surface area contributed by atoms with Crippen LogP contribution in [0, 0.1) is 6.92 Å². The number of carboxylic acid groups (broad SMARTS) is 1. The molecule has 1 aliphatic carbocycles. The van der Waals surface area contributed by atoms with Crippen molar-refractivity contribution in [2.45, 2.75) is 63.2 Å². The van der Waals surface area contributed by atoms with E-state index in [4.69, 9.17) is 4.74 Å². The minimum Gasteiger partial charge on any atom is -0.496 e. The molecule has 35 heavy (non-hydrogen) atoms. The first-order valence-electron chi connectivity index (χ1n) is 12.1. The summed E-state index contributed by atoms with van der Waals surface area (Å²) in [4.78, 5) is 17.1. The highest BCUT2D eigenvalue weighted by molar-refractivity contribution is 5.88. The lowest BCUT2D eigenvalue weighted by molar-refractivity contribution is -0.0965. The lowest BCUT2D eigenvalue weighted by Crippen LogP contribution is -2.54. The monoisotopic (exact) mass is 483 g/mol. The maximum atomic E-state index is 13.4. The molecular weight excluding hydrogens is 452 g/mol. The number of nitrogens with zero attached hydrogens (tertiary/aromatic N) is 1. The van der Waals surface area contributed by atoms with Gasteiger partial charge in [0.05, 0.1) is 12.7 Å². The Hall–Kier alpha value is -2.97. The quantitative estimate of drug-likeness (QED) is 0.427. The molecule has 2 atom stereocenters. The molecule has 5 rings (SSSR count). The molecule has 2 aliphatic rings. The van der Waals surface area contributed by atoms with Crippen LogP contribution in [0.15, 0.2) is 42.6 Å². The lowest BCUT2D eigenvalue weighted by atomic mass is 9.85. The van der Waals surface area contributed by atoms with Crippen molar-refractivity contribution in [1.29, 1.82) is 0 Å². The molecule has 0 radical (unpaired) electrons. The van der Waals surface area contributed by atoms with Gasteiger partial charge in [0.2, 0.25) is 0 Å². The molecule has 8 heteroatoms. The Morgan fingerprint density at radius 3 is 2.63 bits per heavy atom. The van der Waals surface area contributed by atoms with Crippen molar-refractivity contribution in [1.82, 2.24) is 15.2 Å². The second-order valence-electron chi connectivity index (χ2n) is 9.90. The number of hydrogen-bond acceptors (Lipinski definition) is 4. The number of carbonyl (C=O) groups is 1. The smallest absolute Gasteiger partial charge is 0.335 e. The van der Waals surface area contributed by atoms with Gasteiger partial charge >= 0.3 is 5.97 Å². The number of H-pyrrole nitrogens is 1. The largest absolute Gasteiger partial charge is 0.496 e. The van der Waals surface area contributed by atoms with Crippen molar-refractivity contribution in [2.75, 3.05) is 13.7 Å². The minimum absolute atomic E-state index is 0.0182. The number of carboxylic acids is 1. The number of methoxy groups -OCH3 is 1. The van der Waals surface area contributed by atoms with Crippen LogP contribution in [0.4, 0.5) is 8.78 Å². The van der Waals surface area contributed by atoms with Crippen molar-refractivity contribution in [3.05, 3.63) is 64.8 Å². The number of aromatic amines is 1. The van der Waals surface area contributed by atoms with Crippen LogP contribution >= 0.6 is 0 Å². The molecule has 1 saturated heterocycles. The predicted octanol–water partition coefficient (Wildman–Crippen LogP) is 5.28. The number of hydrogen-bond donors (Lipinski definition) is 3. The summed E-state index contributed by atoms with van der Waals surface area (Å²) in [6, 6.07) is 11.1. The Morgan fingerprint density at radius 2 is 1.97 bits per heavy atom. The zero-order valence-electron chi connectivity index (χ0n) is 20.0. The summed E-state index contributed by atoms with van der Waals surface area (Å²) >= 11 is 0. The third-order valence-corrected chi connectivity index (χ3v) is 7.51. The molecule has 1 aromatic heterocycles. The highest BCUT2D eigenvalue weighted by atomic mass is 19.3. The van der Waals surface area contributed by atoms with Gasteiger partial charge in [-0.05, 0) is 55.2 Å². The standard InChI is InChI=1S/C27H31F2N3O3/c1-16-11-24(35-2)22(21-7-9-30-25(16)21)15-32-10-8-19(31-20-13-27(28,29)14-20)12-23(32)17-3-5-18(6-4-17)26(33)34/h3-7,9,11,19-20,23,30-31H,8,10,12-15H2,1-2H3,(H,33,34)/t19-,23-/m1/s1. The topological polar surface area (TPSA) is 77.6 Å². The fourth-order valence-electron chi connectivity index (χ4n) is 5.65. The van der Waals surface area contributed by atoms with Gasteiger partial charge in [0.25, 0.3) is 5.92 Å². The van der Waals surface area contributed by atoms with E-state index in [-0.39, 0.29) is 36.5 Å². The van der Waals surface area contributed by atoms with Crippen LogP contribution < -0.4 is 10.1 Å². The van der Waals surface area contributed by atoms with Crippen LogP contribution in [0.2, 0.25) is 0 Å². The number of fused-ring (bicyclic) bond motifs is 1. The number of nitrogens with one attached hydrogen (secondary N) is 2. The average Bonchev–Trinajstić information content (AvgIpc) is 3.31. The second kappa shape index (κ2) is 9.24. The summed E-state index contributed by atoms with van der Waals surface area (Å²) in [5.74, 6) is -2.66. The number of aromatic carboxylic acids is 1. The predicted molar refractivity (Wildman–Crippen MR) is 130 cm³/mol. The van der Waals surface area contributed by atoms with Crippen molar-refractivity contribution < 1.29 is 23.4 Å². The zero-order valence-corrected chi connectivity index (χ0v) is 20.0. The molecule has 2 heterocycles. The first-order chi connectivity index (χ1) is 16.7. The van der Waals surface area contributed by atoms with E-state index in [0.29, 0.717) is 6.54 Å². The van der Waals surface area contributed by atoms with E-state index in [1.807, 2.05) is 18.3 Å². The Kier molecular flexibility index (Phi) is 6.27. The third kappa shape index (κ3) is 4.77. The minimum atomic E-state index is -2.55. The van der Waals surface area contributed by atoms with Gasteiger partial charge in [0.15, 0.2) is 0 Å². The van der Waals surface area contributed by atoms with Gasteiger partial charge < -0.3 is 20.1 Å². The molecule has 0 unspecified atom stereocenters. The van der Waals surface area contributed by atoms with Crippen molar-refractivity contribution in [2.24, 2.45) is 0 Å². The summed E-state index contributed by atoms with van der Waals surface area (Å²) in [6.07, 6.45) is 3.36. The molecule has 0 spiro atoms. The number of halogens is 2. The first kappa shape index (κ1) is 23.8. The zero-order chi connectivity index (χ0) is 24.7. The Bertz CT molecular complexity index is 1220. The molecule has 6 nitrogen and oxygen atoms in total. The SMILES string of the molecule is COc1cc(C)c2[nH]ccc2c1CN1CC[C@@H](NC2CC(F)(F)C2)C[C@@H]1c1ccc(C(=O)O)cc1. The molecule has 186 valence electrons. The van der Waals surface area contributed by atoms with E-state index >= 15 is 0 Å².